The summed E-state index contributed by atoms with van der Waals surface area (Å²) in [5, 5.41) is 16.2. The monoisotopic (exact) mass is 382 g/mol. The second kappa shape index (κ2) is 7.50. The molecule has 0 spiro atoms. The Morgan fingerprint density at radius 3 is 2.74 bits per heavy atom. The van der Waals surface area contributed by atoms with E-state index in [-0.39, 0.29) is 5.91 Å². The Bertz CT molecular complexity index is 932. The van der Waals surface area contributed by atoms with Crippen molar-refractivity contribution in [3.05, 3.63) is 52.8 Å². The van der Waals surface area contributed by atoms with E-state index in [2.05, 4.69) is 37.8 Å². The highest BCUT2D eigenvalue weighted by Crippen LogP contribution is 2.29. The van der Waals surface area contributed by atoms with Crippen LogP contribution in [0.2, 0.25) is 0 Å². The number of amides is 1. The summed E-state index contributed by atoms with van der Waals surface area (Å²) in [4.78, 5) is 19.1. The molecule has 1 aliphatic rings. The van der Waals surface area contributed by atoms with Gasteiger partial charge in [-0.2, -0.15) is 5.10 Å². The van der Waals surface area contributed by atoms with Crippen molar-refractivity contribution < 1.29 is 4.79 Å². The summed E-state index contributed by atoms with van der Waals surface area (Å²) in [6, 6.07) is 9.71. The molecule has 140 valence electrons. The molecule has 0 saturated carbocycles. The fourth-order valence-electron chi connectivity index (χ4n) is 3.29. The molecule has 1 fully saturated rings. The van der Waals surface area contributed by atoms with Crippen molar-refractivity contribution in [1.82, 2.24) is 20.1 Å². The Kier molecular flexibility index (Phi) is 4.91. The standard InChI is InChI=1S/C19H22N6OS/c1-12-11-27-19(20-12)22-14-7-5-13(6-8-14)21-18(26)16-10-15(23-24-16)17-4-3-9-25(17)2/h5-8,10-11,17H,3-4,9H2,1-2H3,(H,20,22)(H,21,26)(H,23,24). The summed E-state index contributed by atoms with van der Waals surface area (Å²) in [6.45, 7) is 3.04. The summed E-state index contributed by atoms with van der Waals surface area (Å²) >= 11 is 1.56. The maximum Gasteiger partial charge on any atom is 0.276 e. The van der Waals surface area contributed by atoms with Gasteiger partial charge >= 0.3 is 0 Å². The number of nitrogens with one attached hydrogen (secondary N) is 3. The van der Waals surface area contributed by atoms with Crippen LogP contribution in [0.5, 0.6) is 0 Å². The average molecular weight is 382 g/mol. The van der Waals surface area contributed by atoms with Gasteiger partial charge in [0.1, 0.15) is 0 Å². The third-order valence-corrected chi connectivity index (χ3v) is 5.60. The summed E-state index contributed by atoms with van der Waals surface area (Å²) in [6.07, 6.45) is 2.26. The van der Waals surface area contributed by atoms with Crippen LogP contribution < -0.4 is 10.6 Å². The van der Waals surface area contributed by atoms with Gasteiger partial charge in [0.25, 0.3) is 5.91 Å². The lowest BCUT2D eigenvalue weighted by atomic mass is 10.1. The van der Waals surface area contributed by atoms with Crippen LogP contribution in [-0.4, -0.2) is 39.6 Å². The number of rotatable bonds is 5. The number of carbonyl (C=O) groups excluding carboxylic acids is 1. The van der Waals surface area contributed by atoms with Gasteiger partial charge in [-0.05, 0) is 63.7 Å². The van der Waals surface area contributed by atoms with Gasteiger partial charge < -0.3 is 10.6 Å². The van der Waals surface area contributed by atoms with Crippen LogP contribution >= 0.6 is 11.3 Å². The molecule has 27 heavy (non-hydrogen) atoms. The first-order chi connectivity index (χ1) is 13.1. The number of carbonyl (C=O) groups is 1. The van der Waals surface area contributed by atoms with E-state index < -0.39 is 0 Å². The molecule has 1 aliphatic heterocycles. The minimum Gasteiger partial charge on any atom is -0.332 e. The van der Waals surface area contributed by atoms with Gasteiger partial charge in [-0.1, -0.05) is 0 Å². The molecule has 4 rings (SSSR count). The van der Waals surface area contributed by atoms with Crippen molar-refractivity contribution in [3.8, 4) is 0 Å². The highest BCUT2D eigenvalue weighted by molar-refractivity contribution is 7.13. The molecular weight excluding hydrogens is 360 g/mol. The lowest BCUT2D eigenvalue weighted by molar-refractivity contribution is 0.102. The number of aromatic amines is 1. The number of thiazole rings is 1. The summed E-state index contributed by atoms with van der Waals surface area (Å²) in [5.74, 6) is -0.214. The van der Waals surface area contributed by atoms with E-state index in [1.807, 2.05) is 42.6 Å². The predicted octanol–water partition coefficient (Wildman–Crippen LogP) is 3.94. The van der Waals surface area contributed by atoms with Crippen molar-refractivity contribution >= 4 is 33.8 Å². The summed E-state index contributed by atoms with van der Waals surface area (Å²) < 4.78 is 0. The van der Waals surface area contributed by atoms with E-state index in [0.717, 1.165) is 40.9 Å². The molecule has 0 radical (unpaired) electrons. The van der Waals surface area contributed by atoms with Crippen molar-refractivity contribution in [3.63, 3.8) is 0 Å². The van der Waals surface area contributed by atoms with Gasteiger partial charge in [-0.3, -0.25) is 14.8 Å². The fraction of sp³-hybridized carbons (Fsp3) is 0.316. The lowest BCUT2D eigenvalue weighted by Crippen LogP contribution is -2.17. The number of nitrogens with zero attached hydrogens (tertiary/aromatic N) is 3. The number of hydrogen-bond donors (Lipinski definition) is 3. The molecule has 3 N–H and O–H groups in total. The molecule has 1 saturated heterocycles. The number of likely N-dealkylation sites (tertiary alicyclic amines) is 1. The maximum absolute atomic E-state index is 12.5. The van der Waals surface area contributed by atoms with Gasteiger partial charge in [-0.15, -0.1) is 11.3 Å². The normalized spacial score (nSPS) is 17.2. The zero-order valence-corrected chi connectivity index (χ0v) is 16.1. The molecule has 2 aromatic heterocycles. The minimum atomic E-state index is -0.214. The quantitative estimate of drug-likeness (QED) is 0.622. The number of hydrogen-bond acceptors (Lipinski definition) is 6. The number of H-pyrrole nitrogens is 1. The van der Waals surface area contributed by atoms with Gasteiger partial charge in [0.15, 0.2) is 10.8 Å². The Labute approximate surface area is 161 Å². The van der Waals surface area contributed by atoms with E-state index in [0.29, 0.717) is 11.7 Å². The van der Waals surface area contributed by atoms with E-state index in [1.54, 1.807) is 11.3 Å². The van der Waals surface area contributed by atoms with Crippen LogP contribution in [0, 0.1) is 6.92 Å². The Balaban J connectivity index is 1.38. The molecule has 7 nitrogen and oxygen atoms in total. The topological polar surface area (TPSA) is 85.9 Å². The second-order valence-electron chi connectivity index (χ2n) is 6.80. The molecule has 1 unspecified atom stereocenters. The Morgan fingerprint density at radius 1 is 1.30 bits per heavy atom. The van der Waals surface area contributed by atoms with Crippen molar-refractivity contribution in [2.24, 2.45) is 0 Å². The molecule has 1 aromatic carbocycles. The first-order valence-electron chi connectivity index (χ1n) is 8.94. The van der Waals surface area contributed by atoms with Crippen molar-refractivity contribution in [1.29, 1.82) is 0 Å². The van der Waals surface area contributed by atoms with Crippen LogP contribution in [0.3, 0.4) is 0 Å². The SMILES string of the molecule is Cc1csc(Nc2ccc(NC(=O)c3cc(C4CCCN4C)[nH]n3)cc2)n1. The van der Waals surface area contributed by atoms with Crippen LogP contribution in [0.15, 0.2) is 35.7 Å². The zero-order chi connectivity index (χ0) is 18.8. The molecule has 8 heteroatoms. The van der Waals surface area contributed by atoms with E-state index in [4.69, 9.17) is 0 Å². The molecular formula is C19H22N6OS. The van der Waals surface area contributed by atoms with Gasteiger partial charge in [0, 0.05) is 16.8 Å². The zero-order valence-electron chi connectivity index (χ0n) is 15.3. The maximum atomic E-state index is 12.5. The van der Waals surface area contributed by atoms with Crippen LogP contribution in [0.25, 0.3) is 0 Å². The summed E-state index contributed by atoms with van der Waals surface area (Å²) in [7, 11) is 2.10. The first-order valence-corrected chi connectivity index (χ1v) is 9.82. The largest absolute Gasteiger partial charge is 0.332 e. The lowest BCUT2D eigenvalue weighted by Gasteiger charge is -2.16. The highest BCUT2D eigenvalue weighted by atomic mass is 32.1. The van der Waals surface area contributed by atoms with Crippen LogP contribution in [-0.2, 0) is 0 Å². The van der Waals surface area contributed by atoms with Gasteiger partial charge in [0.05, 0.1) is 17.4 Å². The smallest absolute Gasteiger partial charge is 0.276 e. The number of aryl methyl sites for hydroxylation is 1. The molecule has 0 bridgehead atoms. The van der Waals surface area contributed by atoms with E-state index in [9.17, 15) is 4.79 Å². The molecule has 0 aliphatic carbocycles. The first kappa shape index (κ1) is 17.7. The third kappa shape index (κ3) is 4.01. The third-order valence-electron chi connectivity index (χ3n) is 4.72. The Morgan fingerprint density at radius 2 is 2.07 bits per heavy atom. The molecule has 1 atom stereocenters. The number of aromatic nitrogens is 3. The molecule has 3 aromatic rings. The van der Waals surface area contributed by atoms with Crippen LogP contribution in [0.1, 0.15) is 40.8 Å². The fourth-order valence-corrected chi connectivity index (χ4v) is 4.00. The number of benzene rings is 1. The van der Waals surface area contributed by atoms with E-state index in [1.165, 1.54) is 6.42 Å². The van der Waals surface area contributed by atoms with E-state index >= 15 is 0 Å². The number of anilines is 3. The summed E-state index contributed by atoms with van der Waals surface area (Å²) in [5.41, 5.74) is 4.05. The molecule has 3 heterocycles. The van der Waals surface area contributed by atoms with Crippen LogP contribution in [0.4, 0.5) is 16.5 Å². The van der Waals surface area contributed by atoms with Gasteiger partial charge in [0.2, 0.25) is 0 Å². The van der Waals surface area contributed by atoms with Crippen molar-refractivity contribution in [2.75, 3.05) is 24.2 Å². The van der Waals surface area contributed by atoms with Crippen molar-refractivity contribution in [2.45, 2.75) is 25.8 Å². The van der Waals surface area contributed by atoms with Gasteiger partial charge in [-0.25, -0.2) is 4.98 Å². The highest BCUT2D eigenvalue weighted by Gasteiger charge is 2.25. The minimum absolute atomic E-state index is 0.214. The Hall–Kier alpha value is -2.71. The predicted molar refractivity (Wildman–Crippen MR) is 108 cm³/mol. The molecule has 1 amide bonds. The average Bonchev–Trinajstić information content (AvgIpc) is 3.38. The second-order valence-corrected chi connectivity index (χ2v) is 7.66.